The van der Waals surface area contributed by atoms with Crippen molar-refractivity contribution in [3.63, 3.8) is 0 Å². The molecule has 0 nitrogen and oxygen atoms in total. The van der Waals surface area contributed by atoms with Gasteiger partial charge in [0.2, 0.25) is 0 Å². The van der Waals surface area contributed by atoms with E-state index >= 15 is 0 Å². The van der Waals surface area contributed by atoms with Crippen LogP contribution in [0.3, 0.4) is 0 Å². The van der Waals surface area contributed by atoms with Crippen molar-refractivity contribution in [3.8, 4) is 0 Å². The van der Waals surface area contributed by atoms with Crippen molar-refractivity contribution in [2.45, 2.75) is 89.7 Å². The van der Waals surface area contributed by atoms with Crippen molar-refractivity contribution < 1.29 is 0 Å². The Kier molecular flexibility index (Phi) is 5.78. The molecule has 88 valence electrons. The lowest BCUT2D eigenvalue weighted by Gasteiger charge is -2.26. The van der Waals surface area contributed by atoms with E-state index in [4.69, 9.17) is 0 Å². The summed E-state index contributed by atoms with van der Waals surface area (Å²) in [5.41, 5.74) is 0. The van der Waals surface area contributed by atoms with E-state index in [1.807, 2.05) is 0 Å². The maximum absolute atomic E-state index is 2.48. The normalized spacial score (nSPS) is 18.3. The summed E-state index contributed by atoms with van der Waals surface area (Å²) in [5, 5.41) is 0.614. The molecule has 1 heteroatoms. The predicted molar refractivity (Wildman–Crippen MR) is 72.2 cm³/mol. The molecule has 0 amide bonds. The first-order valence-corrected chi connectivity index (χ1v) is 7.14. The van der Waals surface area contributed by atoms with Gasteiger partial charge in [-0.05, 0) is 0 Å². The summed E-state index contributed by atoms with van der Waals surface area (Å²) < 4.78 is 0. The van der Waals surface area contributed by atoms with Gasteiger partial charge in [0.15, 0.2) is 0 Å². The molecule has 15 heavy (non-hydrogen) atoms. The van der Waals surface area contributed by atoms with Crippen molar-refractivity contribution in [1.29, 1.82) is 0 Å². The molecule has 0 heterocycles. The second-order valence-electron chi connectivity index (χ2n) is 6.33. The molecule has 0 spiro atoms. The van der Waals surface area contributed by atoms with E-state index in [9.17, 15) is 0 Å². The van der Waals surface area contributed by atoms with Crippen molar-refractivity contribution in [3.05, 3.63) is 0 Å². The van der Waals surface area contributed by atoms with E-state index in [2.05, 4.69) is 20.8 Å². The van der Waals surface area contributed by atoms with Crippen molar-refractivity contribution in [1.82, 2.24) is 0 Å². The van der Waals surface area contributed by atoms with Crippen LogP contribution in [0.5, 0.6) is 0 Å². The molecule has 0 bridgehead atoms. The van der Waals surface area contributed by atoms with Gasteiger partial charge in [-0.15, -0.1) is 0 Å². The summed E-state index contributed by atoms with van der Waals surface area (Å²) in [6.45, 7) is 7.26. The Morgan fingerprint density at radius 2 is 1.73 bits per heavy atom. The molecule has 0 unspecified atom stereocenters. The molecule has 1 saturated carbocycles. The highest BCUT2D eigenvalue weighted by Gasteiger charge is 2.26. The smallest absolute Gasteiger partial charge is 0.0668 e. The highest BCUT2D eigenvalue weighted by atomic mass is 14.2. The van der Waals surface area contributed by atoms with Crippen LogP contribution in [0.2, 0.25) is 11.1 Å². The lowest BCUT2D eigenvalue weighted by molar-refractivity contribution is 0.530. The van der Waals surface area contributed by atoms with Crippen LogP contribution in [-0.2, 0) is 0 Å². The fraction of sp³-hybridized carbons (Fsp3) is 1.00. The molecular weight excluding hydrogens is 179 g/mol. The Morgan fingerprint density at radius 1 is 1.07 bits per heavy atom. The maximum Gasteiger partial charge on any atom is 0.130 e. The summed E-state index contributed by atoms with van der Waals surface area (Å²) in [7, 11) is 1.49. The molecule has 0 aromatic carbocycles. The number of hydrogen-bond acceptors (Lipinski definition) is 0. The molecule has 0 aliphatic heterocycles. The van der Waals surface area contributed by atoms with E-state index in [0.717, 1.165) is 5.82 Å². The van der Waals surface area contributed by atoms with E-state index in [1.165, 1.54) is 65.1 Å². The first kappa shape index (κ1) is 13.1. The predicted octanol–water partition coefficient (Wildman–Crippen LogP) is 4.95. The monoisotopic (exact) mass is 208 g/mol. The molecule has 1 aliphatic rings. The van der Waals surface area contributed by atoms with Crippen LogP contribution >= 0.6 is 0 Å². The quantitative estimate of drug-likeness (QED) is 0.410. The summed E-state index contributed by atoms with van der Waals surface area (Å²) in [5.74, 6) is 1.06. The van der Waals surface area contributed by atoms with E-state index in [-0.39, 0.29) is 0 Å². The molecule has 0 atom stereocenters. The van der Waals surface area contributed by atoms with Crippen LogP contribution < -0.4 is 0 Å². The second-order valence-corrected chi connectivity index (χ2v) is 6.33. The van der Waals surface area contributed by atoms with Gasteiger partial charge >= 0.3 is 0 Å². The fourth-order valence-electron chi connectivity index (χ4n) is 3.13. The third-order valence-electron chi connectivity index (χ3n) is 4.02. The number of rotatable bonds is 7. The Bertz CT molecular complexity index is 157. The molecular formula is C14H29B. The van der Waals surface area contributed by atoms with Crippen LogP contribution in [0.4, 0.5) is 0 Å². The average molecular weight is 208 g/mol. The maximum atomic E-state index is 2.48. The Balaban J connectivity index is 2.12. The second kappa shape index (κ2) is 6.61. The first-order chi connectivity index (χ1) is 7.14. The van der Waals surface area contributed by atoms with Gasteiger partial charge < -0.3 is 0 Å². The summed E-state index contributed by atoms with van der Waals surface area (Å²) in [6.07, 6.45) is 13.2. The lowest BCUT2D eigenvalue weighted by Crippen LogP contribution is -2.17. The minimum absolute atomic E-state index is 0.614. The molecule has 0 N–H and O–H groups in total. The molecule has 0 aromatic heterocycles. The summed E-state index contributed by atoms with van der Waals surface area (Å²) in [6, 6.07) is 0. The SMILES string of the molecule is CCCCCCC(C)(C)BC1CCCC1. The molecule has 0 radical (unpaired) electrons. The highest BCUT2D eigenvalue weighted by molar-refractivity contribution is 6.41. The lowest BCUT2D eigenvalue weighted by atomic mass is 9.45. The van der Waals surface area contributed by atoms with Gasteiger partial charge in [0, 0.05) is 0 Å². The molecule has 1 rings (SSSR count). The van der Waals surface area contributed by atoms with Crippen LogP contribution in [0.1, 0.15) is 78.6 Å². The van der Waals surface area contributed by atoms with Gasteiger partial charge in [0.25, 0.3) is 0 Å². The zero-order valence-electron chi connectivity index (χ0n) is 11.1. The number of hydrogen-bond donors (Lipinski definition) is 0. The topological polar surface area (TPSA) is 0 Å². The van der Waals surface area contributed by atoms with Gasteiger partial charge in [0.1, 0.15) is 7.28 Å². The Hall–Kier alpha value is 0.0649. The summed E-state index contributed by atoms with van der Waals surface area (Å²) in [4.78, 5) is 0. The summed E-state index contributed by atoms with van der Waals surface area (Å²) >= 11 is 0. The van der Waals surface area contributed by atoms with Gasteiger partial charge in [0.05, 0.1) is 0 Å². The van der Waals surface area contributed by atoms with Gasteiger partial charge in [-0.1, -0.05) is 89.7 Å². The van der Waals surface area contributed by atoms with Crippen LogP contribution in [0, 0.1) is 0 Å². The third kappa shape index (κ3) is 5.63. The largest absolute Gasteiger partial charge is 0.130 e. The Morgan fingerprint density at radius 3 is 2.33 bits per heavy atom. The molecule has 0 aromatic rings. The van der Waals surface area contributed by atoms with Crippen molar-refractivity contribution >= 4 is 7.28 Å². The average Bonchev–Trinajstić information content (AvgIpc) is 2.64. The minimum atomic E-state index is 0.614. The van der Waals surface area contributed by atoms with Gasteiger partial charge in [-0.25, -0.2) is 0 Å². The van der Waals surface area contributed by atoms with Crippen molar-refractivity contribution in [2.24, 2.45) is 0 Å². The first-order valence-electron chi connectivity index (χ1n) is 7.14. The van der Waals surface area contributed by atoms with E-state index < -0.39 is 0 Å². The number of unbranched alkanes of at least 4 members (excludes halogenated alkanes) is 3. The molecule has 1 fully saturated rings. The van der Waals surface area contributed by atoms with Crippen LogP contribution in [-0.4, -0.2) is 7.28 Å². The zero-order chi connectivity index (χ0) is 11.1. The van der Waals surface area contributed by atoms with E-state index in [0.29, 0.717) is 5.31 Å². The fourth-order valence-corrected chi connectivity index (χ4v) is 3.13. The molecule has 1 aliphatic carbocycles. The zero-order valence-corrected chi connectivity index (χ0v) is 11.1. The van der Waals surface area contributed by atoms with Gasteiger partial charge in [-0.3, -0.25) is 0 Å². The standard InChI is InChI=1S/C14H29B/c1-4-5-6-9-12-14(2,3)15-13-10-7-8-11-13/h13,15H,4-12H2,1-3H3. The van der Waals surface area contributed by atoms with Crippen LogP contribution in [0.25, 0.3) is 0 Å². The van der Waals surface area contributed by atoms with Crippen molar-refractivity contribution in [2.75, 3.05) is 0 Å². The van der Waals surface area contributed by atoms with E-state index in [1.54, 1.807) is 0 Å². The highest BCUT2D eigenvalue weighted by Crippen LogP contribution is 2.40. The Labute approximate surface area is 97.5 Å². The minimum Gasteiger partial charge on any atom is -0.0668 e. The van der Waals surface area contributed by atoms with Crippen LogP contribution in [0.15, 0.2) is 0 Å². The van der Waals surface area contributed by atoms with Gasteiger partial charge in [-0.2, -0.15) is 0 Å². The third-order valence-corrected chi connectivity index (χ3v) is 4.02. The molecule has 0 saturated heterocycles.